The van der Waals surface area contributed by atoms with Gasteiger partial charge in [0.05, 0.1) is 22.1 Å². The van der Waals surface area contributed by atoms with Crippen LogP contribution >= 0.6 is 28.1 Å². The van der Waals surface area contributed by atoms with Gasteiger partial charge in [-0.05, 0) is 51.8 Å². The summed E-state index contributed by atoms with van der Waals surface area (Å²) in [5.41, 5.74) is 4.09. The van der Waals surface area contributed by atoms with Crippen LogP contribution in [0.1, 0.15) is 18.1 Å². The van der Waals surface area contributed by atoms with E-state index in [1.807, 2.05) is 4.57 Å². The van der Waals surface area contributed by atoms with Crippen LogP contribution in [-0.2, 0) is 13.0 Å². The molecule has 2 nitrogen and oxygen atoms in total. The van der Waals surface area contributed by atoms with Crippen molar-refractivity contribution < 1.29 is 4.39 Å². The first kappa shape index (κ1) is 14.5. The number of nitrogens with zero attached hydrogens (tertiary/aromatic N) is 1. The van der Waals surface area contributed by atoms with Crippen molar-refractivity contribution in [3.05, 3.63) is 62.6 Å². The van der Waals surface area contributed by atoms with E-state index < -0.39 is 0 Å². The zero-order chi connectivity index (χ0) is 15.0. The molecule has 0 aliphatic rings. The fourth-order valence-corrected chi connectivity index (χ4v) is 2.98. The molecule has 3 rings (SSSR count). The normalized spacial score (nSPS) is 11.2. The summed E-state index contributed by atoms with van der Waals surface area (Å²) in [4.78, 5) is 3.05. The van der Waals surface area contributed by atoms with E-state index in [0.29, 0.717) is 21.3 Å². The van der Waals surface area contributed by atoms with Crippen LogP contribution in [0.2, 0.25) is 0 Å². The van der Waals surface area contributed by atoms with E-state index in [0.717, 1.165) is 11.9 Å². The van der Waals surface area contributed by atoms with Gasteiger partial charge < -0.3 is 9.55 Å². The summed E-state index contributed by atoms with van der Waals surface area (Å²) in [5, 5.41) is 0. The van der Waals surface area contributed by atoms with Crippen LogP contribution in [-0.4, -0.2) is 9.55 Å². The van der Waals surface area contributed by atoms with Crippen LogP contribution in [0.15, 0.2) is 40.9 Å². The van der Waals surface area contributed by atoms with E-state index in [9.17, 15) is 4.39 Å². The summed E-state index contributed by atoms with van der Waals surface area (Å²) in [5.74, 6) is -0.293. The summed E-state index contributed by atoms with van der Waals surface area (Å²) < 4.78 is 16.6. The maximum absolute atomic E-state index is 13.6. The fraction of sp³-hybridized carbons (Fsp3) is 0.188. The van der Waals surface area contributed by atoms with Crippen molar-refractivity contribution in [2.24, 2.45) is 0 Å². The largest absolute Gasteiger partial charge is 0.330 e. The number of H-pyrrole nitrogens is 1. The number of nitrogens with one attached hydrogen (secondary N) is 1. The van der Waals surface area contributed by atoms with Gasteiger partial charge in [-0.25, -0.2) is 4.39 Å². The van der Waals surface area contributed by atoms with Crippen molar-refractivity contribution in [1.82, 2.24) is 9.55 Å². The molecule has 5 heteroatoms. The molecule has 1 heterocycles. The average Bonchev–Trinajstić information content (AvgIpc) is 2.76. The highest BCUT2D eigenvalue weighted by Gasteiger charge is 2.09. The van der Waals surface area contributed by atoms with Gasteiger partial charge in [0.15, 0.2) is 4.77 Å². The number of fused-ring (bicyclic) bond motifs is 1. The number of aromatic amines is 1. The van der Waals surface area contributed by atoms with E-state index >= 15 is 0 Å². The van der Waals surface area contributed by atoms with Gasteiger partial charge in [-0.1, -0.05) is 31.2 Å². The van der Waals surface area contributed by atoms with E-state index in [1.165, 1.54) is 17.2 Å². The summed E-state index contributed by atoms with van der Waals surface area (Å²) in [6.07, 6.45) is 1.03. The summed E-state index contributed by atoms with van der Waals surface area (Å²) in [6.45, 7) is 2.80. The van der Waals surface area contributed by atoms with Crippen LogP contribution in [0.4, 0.5) is 4.39 Å². The van der Waals surface area contributed by atoms with Crippen molar-refractivity contribution >= 4 is 39.2 Å². The van der Waals surface area contributed by atoms with Gasteiger partial charge in [0.1, 0.15) is 5.82 Å². The molecule has 108 valence electrons. The molecule has 0 bridgehead atoms. The minimum atomic E-state index is -0.293. The third-order valence-corrected chi connectivity index (χ3v) is 4.52. The first-order chi connectivity index (χ1) is 10.1. The zero-order valence-electron chi connectivity index (χ0n) is 11.5. The number of aromatic nitrogens is 2. The Kier molecular flexibility index (Phi) is 3.95. The van der Waals surface area contributed by atoms with E-state index in [1.54, 1.807) is 6.07 Å². The Morgan fingerprint density at radius 3 is 2.52 bits per heavy atom. The second-order valence-corrected chi connectivity index (χ2v) is 6.21. The number of hydrogen-bond donors (Lipinski definition) is 1. The molecule has 21 heavy (non-hydrogen) atoms. The molecule has 0 saturated heterocycles. The van der Waals surface area contributed by atoms with Gasteiger partial charge in [-0.3, -0.25) is 0 Å². The topological polar surface area (TPSA) is 20.7 Å². The van der Waals surface area contributed by atoms with Gasteiger partial charge >= 0.3 is 0 Å². The van der Waals surface area contributed by atoms with Crippen molar-refractivity contribution in [2.75, 3.05) is 0 Å². The van der Waals surface area contributed by atoms with E-state index in [2.05, 4.69) is 52.1 Å². The van der Waals surface area contributed by atoms with E-state index in [-0.39, 0.29) is 5.82 Å². The molecule has 0 aliphatic carbocycles. The van der Waals surface area contributed by atoms with Gasteiger partial charge in [0, 0.05) is 6.07 Å². The molecule has 0 aliphatic heterocycles. The fourth-order valence-electron chi connectivity index (χ4n) is 2.37. The van der Waals surface area contributed by atoms with Gasteiger partial charge in [-0.2, -0.15) is 0 Å². The molecule has 0 amide bonds. The maximum Gasteiger partial charge on any atom is 0.178 e. The first-order valence-electron chi connectivity index (χ1n) is 6.74. The van der Waals surface area contributed by atoms with Crippen molar-refractivity contribution in [2.45, 2.75) is 19.9 Å². The van der Waals surface area contributed by atoms with Crippen molar-refractivity contribution in [3.63, 3.8) is 0 Å². The maximum atomic E-state index is 13.6. The molecule has 2 aromatic carbocycles. The lowest BCUT2D eigenvalue weighted by molar-refractivity contribution is 0.622. The minimum Gasteiger partial charge on any atom is -0.330 e. The number of imidazole rings is 1. The number of hydrogen-bond acceptors (Lipinski definition) is 1. The third kappa shape index (κ3) is 2.80. The molecular weight excluding hydrogens is 351 g/mol. The molecule has 1 N–H and O–H groups in total. The monoisotopic (exact) mass is 364 g/mol. The predicted octanol–water partition coefficient (Wildman–Crippen LogP) is 5.21. The highest BCUT2D eigenvalue weighted by atomic mass is 79.9. The van der Waals surface area contributed by atoms with Gasteiger partial charge in [0.25, 0.3) is 0 Å². The van der Waals surface area contributed by atoms with Crippen LogP contribution < -0.4 is 0 Å². The van der Waals surface area contributed by atoms with E-state index in [4.69, 9.17) is 12.2 Å². The second-order valence-electron chi connectivity index (χ2n) is 4.97. The molecule has 0 saturated carbocycles. The highest BCUT2D eigenvalue weighted by molar-refractivity contribution is 9.10. The molecule has 0 fully saturated rings. The molecule has 0 spiro atoms. The summed E-state index contributed by atoms with van der Waals surface area (Å²) in [6, 6.07) is 11.7. The Balaban J connectivity index is 2.05. The molecule has 0 atom stereocenters. The van der Waals surface area contributed by atoms with Crippen LogP contribution in [0.25, 0.3) is 11.0 Å². The van der Waals surface area contributed by atoms with Crippen molar-refractivity contribution in [3.8, 4) is 0 Å². The second kappa shape index (κ2) is 5.73. The molecule has 0 radical (unpaired) electrons. The van der Waals surface area contributed by atoms with Crippen molar-refractivity contribution in [1.29, 1.82) is 0 Å². The molecule has 3 aromatic rings. The van der Waals surface area contributed by atoms with Gasteiger partial charge in [-0.15, -0.1) is 0 Å². The quantitative estimate of drug-likeness (QED) is 0.632. The molecule has 1 aromatic heterocycles. The van der Waals surface area contributed by atoms with Crippen LogP contribution in [0.3, 0.4) is 0 Å². The lowest BCUT2D eigenvalue weighted by atomic mass is 10.1. The molecular formula is C16H14BrFN2S. The Morgan fingerprint density at radius 2 is 1.86 bits per heavy atom. The number of aryl methyl sites for hydroxylation is 1. The SMILES string of the molecule is CCc1ccc(Cn2c(=S)[nH]c3cc(F)c(Br)cc32)cc1. The third-order valence-electron chi connectivity index (χ3n) is 3.59. The van der Waals surface area contributed by atoms with Crippen LogP contribution in [0.5, 0.6) is 0 Å². The van der Waals surface area contributed by atoms with Gasteiger partial charge in [0.2, 0.25) is 0 Å². The standard InChI is InChI=1S/C16H14BrFN2S/c1-2-10-3-5-11(6-4-10)9-20-15-7-12(17)13(18)8-14(15)19-16(20)21/h3-8H,2,9H2,1H3,(H,19,21). The Morgan fingerprint density at radius 1 is 1.19 bits per heavy atom. The predicted molar refractivity (Wildman–Crippen MR) is 89.7 cm³/mol. The Labute approximate surface area is 135 Å². The van der Waals surface area contributed by atoms with Crippen LogP contribution in [0, 0.1) is 10.6 Å². The lowest BCUT2D eigenvalue weighted by Gasteiger charge is -2.06. The first-order valence-corrected chi connectivity index (χ1v) is 7.94. The summed E-state index contributed by atoms with van der Waals surface area (Å²) >= 11 is 8.58. The smallest absolute Gasteiger partial charge is 0.178 e. The molecule has 0 unspecified atom stereocenters. The average molecular weight is 365 g/mol. The Bertz CT molecular complexity index is 849. The lowest BCUT2D eigenvalue weighted by Crippen LogP contribution is -2.00. The highest BCUT2D eigenvalue weighted by Crippen LogP contribution is 2.24. The number of rotatable bonds is 3. The zero-order valence-corrected chi connectivity index (χ0v) is 13.9. The summed E-state index contributed by atoms with van der Waals surface area (Å²) in [7, 11) is 0. The minimum absolute atomic E-state index is 0.293. The Hall–Kier alpha value is -1.46. The number of benzene rings is 2. The number of halogens is 2.